The second-order valence-electron chi connectivity index (χ2n) is 7.17. The van der Waals surface area contributed by atoms with Crippen LogP contribution in [0.25, 0.3) is 0 Å². The highest BCUT2D eigenvalue weighted by molar-refractivity contribution is 6.42. The summed E-state index contributed by atoms with van der Waals surface area (Å²) in [5.41, 5.74) is 1.82. The Balaban J connectivity index is 1.65. The smallest absolute Gasteiger partial charge is 0.229 e. The van der Waals surface area contributed by atoms with Crippen molar-refractivity contribution in [2.75, 3.05) is 30.3 Å². The van der Waals surface area contributed by atoms with Crippen LogP contribution in [0.3, 0.4) is 0 Å². The van der Waals surface area contributed by atoms with E-state index in [0.29, 0.717) is 28.3 Å². The zero-order valence-corrected chi connectivity index (χ0v) is 17.6. The molecule has 8 heteroatoms. The molecule has 1 aromatic carbocycles. The fraction of sp³-hybridized carbons (Fsp3) is 0.450. The molecule has 0 spiro atoms. The van der Waals surface area contributed by atoms with Gasteiger partial charge in [0.25, 0.3) is 0 Å². The maximum Gasteiger partial charge on any atom is 0.229 e. The molecule has 0 saturated carbocycles. The van der Waals surface area contributed by atoms with Crippen LogP contribution in [0.5, 0.6) is 0 Å². The average molecular weight is 422 g/mol. The van der Waals surface area contributed by atoms with Crippen LogP contribution in [-0.2, 0) is 4.79 Å². The topological polar surface area (TPSA) is 70.2 Å². The zero-order chi connectivity index (χ0) is 20.1. The molecule has 2 N–H and O–H groups in total. The minimum atomic E-state index is 0.262. The SMILES string of the molecule is CC(C)c1cnc(Nc2ccc(Cl)c(Cl)c2)nc1NCCCN1CCCC1=O. The number of halogens is 2. The number of likely N-dealkylation sites (tertiary alicyclic amines) is 1. The molecule has 1 aliphatic heterocycles. The Morgan fingerprint density at radius 2 is 2.07 bits per heavy atom. The molecule has 2 aromatic rings. The molecule has 2 heterocycles. The number of hydrogen-bond acceptors (Lipinski definition) is 5. The lowest BCUT2D eigenvalue weighted by Gasteiger charge is -2.17. The predicted octanol–water partition coefficient (Wildman–Crippen LogP) is 5.07. The molecule has 3 rings (SSSR count). The van der Waals surface area contributed by atoms with E-state index in [2.05, 4.69) is 34.4 Å². The van der Waals surface area contributed by atoms with Gasteiger partial charge in [-0.05, 0) is 37.0 Å². The fourth-order valence-electron chi connectivity index (χ4n) is 3.14. The Kier molecular flexibility index (Phi) is 6.97. The van der Waals surface area contributed by atoms with Crippen molar-refractivity contribution >= 4 is 46.6 Å². The van der Waals surface area contributed by atoms with Gasteiger partial charge >= 0.3 is 0 Å². The van der Waals surface area contributed by atoms with Crippen molar-refractivity contribution in [3.8, 4) is 0 Å². The summed E-state index contributed by atoms with van der Waals surface area (Å²) in [5.74, 6) is 1.85. The zero-order valence-electron chi connectivity index (χ0n) is 16.1. The third kappa shape index (κ3) is 5.26. The van der Waals surface area contributed by atoms with Crippen LogP contribution in [0.15, 0.2) is 24.4 Å². The van der Waals surface area contributed by atoms with Gasteiger partial charge in [-0.1, -0.05) is 37.0 Å². The molecular formula is C20H25Cl2N5O. The number of hydrogen-bond donors (Lipinski definition) is 2. The quantitative estimate of drug-likeness (QED) is 0.581. The largest absolute Gasteiger partial charge is 0.370 e. The number of carbonyl (C=O) groups is 1. The lowest BCUT2D eigenvalue weighted by Crippen LogP contribution is -2.27. The number of nitrogens with one attached hydrogen (secondary N) is 2. The first-order valence-electron chi connectivity index (χ1n) is 9.54. The van der Waals surface area contributed by atoms with E-state index in [0.717, 1.165) is 49.5 Å². The van der Waals surface area contributed by atoms with E-state index >= 15 is 0 Å². The third-order valence-electron chi connectivity index (χ3n) is 4.68. The molecule has 150 valence electrons. The van der Waals surface area contributed by atoms with Crippen LogP contribution >= 0.6 is 23.2 Å². The van der Waals surface area contributed by atoms with Crippen molar-refractivity contribution in [1.29, 1.82) is 0 Å². The molecule has 1 fully saturated rings. The van der Waals surface area contributed by atoms with E-state index < -0.39 is 0 Å². The van der Waals surface area contributed by atoms with E-state index in [1.54, 1.807) is 12.1 Å². The molecule has 0 aliphatic carbocycles. The van der Waals surface area contributed by atoms with Gasteiger partial charge in [0.15, 0.2) is 0 Å². The van der Waals surface area contributed by atoms with Crippen LogP contribution in [0, 0.1) is 0 Å². The summed E-state index contributed by atoms with van der Waals surface area (Å²) in [6.45, 7) is 6.62. The standard InChI is InChI=1S/C20H25Cl2N5O/c1-13(2)15-12-24-20(25-14-6-7-16(21)17(22)11-14)26-19(15)23-8-4-10-27-9-3-5-18(27)28/h6-7,11-13H,3-5,8-10H2,1-2H3,(H2,23,24,25,26). The Bertz CT molecular complexity index is 843. The lowest BCUT2D eigenvalue weighted by atomic mass is 10.1. The van der Waals surface area contributed by atoms with E-state index in [1.807, 2.05) is 17.2 Å². The maximum absolute atomic E-state index is 11.7. The second kappa shape index (κ2) is 9.43. The minimum absolute atomic E-state index is 0.262. The van der Waals surface area contributed by atoms with Gasteiger partial charge in [0.1, 0.15) is 5.82 Å². The van der Waals surface area contributed by atoms with Gasteiger partial charge in [0, 0.05) is 43.5 Å². The first kappa shape index (κ1) is 20.7. The van der Waals surface area contributed by atoms with Crippen molar-refractivity contribution < 1.29 is 4.79 Å². The van der Waals surface area contributed by atoms with Crippen LogP contribution in [0.4, 0.5) is 17.5 Å². The summed E-state index contributed by atoms with van der Waals surface area (Å²) in [6.07, 6.45) is 4.37. The molecule has 0 bridgehead atoms. The summed E-state index contributed by atoms with van der Waals surface area (Å²) >= 11 is 12.0. The van der Waals surface area contributed by atoms with Crippen LogP contribution in [-0.4, -0.2) is 40.4 Å². The second-order valence-corrected chi connectivity index (χ2v) is 7.99. The Labute approximate surface area is 175 Å². The van der Waals surface area contributed by atoms with Crippen molar-refractivity contribution in [3.63, 3.8) is 0 Å². The maximum atomic E-state index is 11.7. The number of benzene rings is 1. The Hall–Kier alpha value is -2.05. The molecule has 0 atom stereocenters. The van der Waals surface area contributed by atoms with Crippen LogP contribution in [0.2, 0.25) is 10.0 Å². The monoisotopic (exact) mass is 421 g/mol. The highest BCUT2D eigenvalue weighted by Gasteiger charge is 2.19. The summed E-state index contributed by atoms with van der Waals surface area (Å²) in [4.78, 5) is 22.7. The molecule has 1 aliphatic rings. The number of anilines is 3. The van der Waals surface area contributed by atoms with Gasteiger partial charge in [0.2, 0.25) is 11.9 Å². The molecule has 1 aromatic heterocycles. The van der Waals surface area contributed by atoms with Gasteiger partial charge in [0.05, 0.1) is 10.0 Å². The normalized spacial score (nSPS) is 14.0. The molecular weight excluding hydrogens is 397 g/mol. The van der Waals surface area contributed by atoms with Crippen LogP contribution < -0.4 is 10.6 Å². The first-order valence-corrected chi connectivity index (χ1v) is 10.3. The molecule has 1 amide bonds. The van der Waals surface area contributed by atoms with Gasteiger partial charge in [-0.25, -0.2) is 4.98 Å². The molecule has 28 heavy (non-hydrogen) atoms. The van der Waals surface area contributed by atoms with E-state index in [9.17, 15) is 4.79 Å². The van der Waals surface area contributed by atoms with Gasteiger partial charge in [-0.15, -0.1) is 0 Å². The molecule has 0 unspecified atom stereocenters. The highest BCUT2D eigenvalue weighted by atomic mass is 35.5. The number of carbonyl (C=O) groups excluding carboxylic acids is 1. The van der Waals surface area contributed by atoms with Crippen molar-refractivity contribution in [2.45, 2.75) is 39.0 Å². The average Bonchev–Trinajstić information content (AvgIpc) is 3.07. The lowest BCUT2D eigenvalue weighted by molar-refractivity contribution is -0.127. The van der Waals surface area contributed by atoms with Crippen molar-refractivity contribution in [1.82, 2.24) is 14.9 Å². The molecule has 1 saturated heterocycles. The fourth-order valence-corrected chi connectivity index (χ4v) is 3.43. The number of amides is 1. The summed E-state index contributed by atoms with van der Waals surface area (Å²) < 4.78 is 0. The highest BCUT2D eigenvalue weighted by Crippen LogP contribution is 2.28. The van der Waals surface area contributed by atoms with E-state index in [-0.39, 0.29) is 5.91 Å². The van der Waals surface area contributed by atoms with Gasteiger partial charge in [-0.3, -0.25) is 4.79 Å². The summed E-state index contributed by atoms with van der Waals surface area (Å²) in [7, 11) is 0. The minimum Gasteiger partial charge on any atom is -0.370 e. The predicted molar refractivity (Wildman–Crippen MR) is 115 cm³/mol. The van der Waals surface area contributed by atoms with Crippen LogP contribution in [0.1, 0.15) is 44.6 Å². The Morgan fingerprint density at radius 3 is 2.75 bits per heavy atom. The number of rotatable bonds is 8. The third-order valence-corrected chi connectivity index (χ3v) is 5.42. The Morgan fingerprint density at radius 1 is 1.25 bits per heavy atom. The number of nitrogens with zero attached hydrogens (tertiary/aromatic N) is 3. The molecule has 0 radical (unpaired) electrons. The van der Waals surface area contributed by atoms with Gasteiger partial charge < -0.3 is 15.5 Å². The van der Waals surface area contributed by atoms with E-state index in [1.165, 1.54) is 0 Å². The first-order chi connectivity index (χ1) is 13.4. The van der Waals surface area contributed by atoms with Crippen molar-refractivity contribution in [3.05, 3.63) is 40.0 Å². The molecule has 6 nitrogen and oxygen atoms in total. The summed E-state index contributed by atoms with van der Waals surface area (Å²) in [6, 6.07) is 5.30. The number of aromatic nitrogens is 2. The van der Waals surface area contributed by atoms with Crippen molar-refractivity contribution in [2.24, 2.45) is 0 Å². The van der Waals surface area contributed by atoms with E-state index in [4.69, 9.17) is 23.2 Å². The summed E-state index contributed by atoms with van der Waals surface area (Å²) in [5, 5.41) is 7.54. The van der Waals surface area contributed by atoms with Gasteiger partial charge in [-0.2, -0.15) is 4.98 Å².